The molecule has 164 valence electrons. The number of aromatic nitrogens is 4. The van der Waals surface area contributed by atoms with Gasteiger partial charge in [0.05, 0.1) is 17.9 Å². The van der Waals surface area contributed by atoms with Gasteiger partial charge in [0.1, 0.15) is 0 Å². The van der Waals surface area contributed by atoms with E-state index in [0.29, 0.717) is 25.4 Å². The zero-order valence-corrected chi connectivity index (χ0v) is 18.5. The fourth-order valence-electron chi connectivity index (χ4n) is 4.39. The number of amides is 1. The quantitative estimate of drug-likeness (QED) is 0.604. The standard InChI is InChI=1S/C24H32N6O/c1-3-6-22(31)25-13-16-30-24-21(9-5-12-26-24)23(28-30)19-10-14-29(15-11-19)17-20-8-4-7-18(2)27-20/h4-5,7-9,12,19H,3,6,10-11,13-17H2,1-2H3,(H,25,31). The maximum absolute atomic E-state index is 11.8. The molecule has 3 aromatic rings. The molecule has 31 heavy (non-hydrogen) atoms. The third kappa shape index (κ3) is 5.28. The summed E-state index contributed by atoms with van der Waals surface area (Å²) in [6.45, 7) is 8.26. The summed E-state index contributed by atoms with van der Waals surface area (Å²) < 4.78 is 1.96. The van der Waals surface area contributed by atoms with Crippen molar-refractivity contribution in [3.05, 3.63) is 53.6 Å². The molecule has 1 saturated heterocycles. The topological polar surface area (TPSA) is 75.9 Å². The first kappa shape index (κ1) is 21.4. The van der Waals surface area contributed by atoms with Crippen LogP contribution in [0, 0.1) is 6.92 Å². The number of carbonyl (C=O) groups is 1. The third-order valence-corrected chi connectivity index (χ3v) is 5.96. The molecule has 0 saturated carbocycles. The Morgan fingerprint density at radius 1 is 1.19 bits per heavy atom. The van der Waals surface area contributed by atoms with Gasteiger partial charge in [-0.05, 0) is 63.5 Å². The van der Waals surface area contributed by atoms with Crippen molar-refractivity contribution in [2.24, 2.45) is 0 Å². The van der Waals surface area contributed by atoms with E-state index in [2.05, 4.69) is 38.4 Å². The highest BCUT2D eigenvalue weighted by Gasteiger charge is 2.25. The van der Waals surface area contributed by atoms with E-state index in [1.807, 2.05) is 36.9 Å². The fourth-order valence-corrected chi connectivity index (χ4v) is 4.39. The number of fused-ring (bicyclic) bond motifs is 1. The molecular formula is C24H32N6O. The van der Waals surface area contributed by atoms with Crippen LogP contribution in [0.15, 0.2) is 36.5 Å². The van der Waals surface area contributed by atoms with Crippen molar-refractivity contribution in [3.63, 3.8) is 0 Å². The molecule has 1 aliphatic heterocycles. The molecule has 3 aromatic heterocycles. The second kappa shape index (κ2) is 10.0. The van der Waals surface area contributed by atoms with E-state index in [0.717, 1.165) is 67.0 Å². The van der Waals surface area contributed by atoms with Gasteiger partial charge in [0.2, 0.25) is 5.91 Å². The van der Waals surface area contributed by atoms with Crippen LogP contribution in [0.3, 0.4) is 0 Å². The molecule has 4 rings (SSSR count). The number of carbonyl (C=O) groups excluding carboxylic acids is 1. The number of aryl methyl sites for hydroxylation is 1. The van der Waals surface area contributed by atoms with Crippen molar-refractivity contribution in [3.8, 4) is 0 Å². The third-order valence-electron chi connectivity index (χ3n) is 5.96. The van der Waals surface area contributed by atoms with Crippen molar-refractivity contribution in [1.29, 1.82) is 0 Å². The number of nitrogens with one attached hydrogen (secondary N) is 1. The predicted octanol–water partition coefficient (Wildman–Crippen LogP) is 3.43. The molecule has 0 unspecified atom stereocenters. The highest BCUT2D eigenvalue weighted by atomic mass is 16.1. The van der Waals surface area contributed by atoms with Gasteiger partial charge >= 0.3 is 0 Å². The summed E-state index contributed by atoms with van der Waals surface area (Å²) in [7, 11) is 0. The summed E-state index contributed by atoms with van der Waals surface area (Å²) in [5.41, 5.74) is 4.27. The molecule has 4 heterocycles. The van der Waals surface area contributed by atoms with Gasteiger partial charge in [-0.3, -0.25) is 14.7 Å². The lowest BCUT2D eigenvalue weighted by molar-refractivity contribution is -0.121. The van der Waals surface area contributed by atoms with Gasteiger partial charge in [0, 0.05) is 42.7 Å². The Kier molecular flexibility index (Phi) is 6.92. The maximum Gasteiger partial charge on any atom is 0.220 e. The van der Waals surface area contributed by atoms with E-state index < -0.39 is 0 Å². The Morgan fingerprint density at radius 3 is 2.81 bits per heavy atom. The average molecular weight is 421 g/mol. The number of hydrogen-bond donors (Lipinski definition) is 1. The summed E-state index contributed by atoms with van der Waals surface area (Å²) in [6.07, 6.45) is 5.42. The average Bonchev–Trinajstić information content (AvgIpc) is 3.13. The Bertz CT molecular complexity index is 1020. The van der Waals surface area contributed by atoms with Crippen molar-refractivity contribution < 1.29 is 4.79 Å². The van der Waals surface area contributed by atoms with Crippen LogP contribution in [0.25, 0.3) is 11.0 Å². The summed E-state index contributed by atoms with van der Waals surface area (Å²) in [6, 6.07) is 10.3. The largest absolute Gasteiger partial charge is 0.354 e. The molecule has 1 aliphatic rings. The summed E-state index contributed by atoms with van der Waals surface area (Å²) in [5, 5.41) is 9.07. The molecular weight excluding hydrogens is 388 g/mol. The van der Waals surface area contributed by atoms with E-state index in [1.165, 1.54) is 0 Å². The molecule has 7 nitrogen and oxygen atoms in total. The second-order valence-corrected chi connectivity index (χ2v) is 8.40. The number of likely N-dealkylation sites (tertiary alicyclic amines) is 1. The van der Waals surface area contributed by atoms with Crippen molar-refractivity contribution >= 4 is 16.9 Å². The summed E-state index contributed by atoms with van der Waals surface area (Å²) in [4.78, 5) is 23.5. The zero-order valence-electron chi connectivity index (χ0n) is 18.5. The van der Waals surface area contributed by atoms with Gasteiger partial charge in [-0.25, -0.2) is 9.67 Å². The van der Waals surface area contributed by atoms with E-state index in [-0.39, 0.29) is 5.91 Å². The highest BCUT2D eigenvalue weighted by molar-refractivity contribution is 5.79. The molecule has 1 N–H and O–H groups in total. The monoisotopic (exact) mass is 420 g/mol. The Hall–Kier alpha value is -2.80. The lowest BCUT2D eigenvalue weighted by Crippen LogP contribution is -2.33. The first-order valence-corrected chi connectivity index (χ1v) is 11.4. The smallest absolute Gasteiger partial charge is 0.220 e. The normalized spacial score (nSPS) is 15.4. The molecule has 7 heteroatoms. The van der Waals surface area contributed by atoms with Crippen LogP contribution >= 0.6 is 0 Å². The van der Waals surface area contributed by atoms with Gasteiger partial charge < -0.3 is 5.32 Å². The van der Waals surface area contributed by atoms with Crippen LogP contribution in [-0.4, -0.2) is 50.2 Å². The van der Waals surface area contributed by atoms with E-state index in [1.54, 1.807) is 0 Å². The lowest BCUT2D eigenvalue weighted by atomic mass is 9.92. The van der Waals surface area contributed by atoms with Crippen LogP contribution in [0.2, 0.25) is 0 Å². The van der Waals surface area contributed by atoms with E-state index in [9.17, 15) is 4.79 Å². The number of pyridine rings is 2. The van der Waals surface area contributed by atoms with Gasteiger partial charge in [0.15, 0.2) is 5.65 Å². The SMILES string of the molecule is CCCC(=O)NCCn1nc(C2CCN(Cc3cccc(C)n3)CC2)c2cccnc21. The van der Waals surface area contributed by atoms with Gasteiger partial charge in [-0.1, -0.05) is 13.0 Å². The second-order valence-electron chi connectivity index (χ2n) is 8.40. The minimum atomic E-state index is 0.0996. The van der Waals surface area contributed by atoms with Crippen molar-refractivity contribution in [1.82, 2.24) is 30.0 Å². The number of hydrogen-bond acceptors (Lipinski definition) is 5. The molecule has 0 aromatic carbocycles. The van der Waals surface area contributed by atoms with Crippen molar-refractivity contribution in [2.75, 3.05) is 19.6 Å². The van der Waals surface area contributed by atoms with Crippen LogP contribution in [0.1, 0.15) is 55.6 Å². The molecule has 0 spiro atoms. The minimum absolute atomic E-state index is 0.0996. The number of piperidine rings is 1. The Labute approximate surface area is 183 Å². The Morgan fingerprint density at radius 2 is 2.03 bits per heavy atom. The zero-order chi connectivity index (χ0) is 21.6. The first-order chi connectivity index (χ1) is 15.1. The van der Waals surface area contributed by atoms with Crippen molar-refractivity contribution in [2.45, 2.75) is 58.5 Å². The minimum Gasteiger partial charge on any atom is -0.354 e. The first-order valence-electron chi connectivity index (χ1n) is 11.4. The van der Waals surface area contributed by atoms with Gasteiger partial charge in [-0.15, -0.1) is 0 Å². The Balaban J connectivity index is 1.41. The van der Waals surface area contributed by atoms with Gasteiger partial charge in [-0.2, -0.15) is 5.10 Å². The molecule has 0 aliphatic carbocycles. The summed E-state index contributed by atoms with van der Waals surface area (Å²) in [5.74, 6) is 0.534. The molecule has 1 fully saturated rings. The van der Waals surface area contributed by atoms with E-state index >= 15 is 0 Å². The lowest BCUT2D eigenvalue weighted by Gasteiger charge is -2.31. The molecule has 0 radical (unpaired) electrons. The van der Waals surface area contributed by atoms with E-state index in [4.69, 9.17) is 5.10 Å². The summed E-state index contributed by atoms with van der Waals surface area (Å²) >= 11 is 0. The number of nitrogens with zero attached hydrogens (tertiary/aromatic N) is 5. The molecule has 0 bridgehead atoms. The van der Waals surface area contributed by atoms with Crippen LogP contribution in [0.5, 0.6) is 0 Å². The van der Waals surface area contributed by atoms with Crippen LogP contribution in [-0.2, 0) is 17.9 Å². The number of rotatable bonds is 8. The van der Waals surface area contributed by atoms with Gasteiger partial charge in [0.25, 0.3) is 0 Å². The molecule has 1 amide bonds. The predicted molar refractivity (Wildman–Crippen MR) is 122 cm³/mol. The molecule has 0 atom stereocenters. The highest BCUT2D eigenvalue weighted by Crippen LogP contribution is 2.32. The fraction of sp³-hybridized carbons (Fsp3) is 0.500. The van der Waals surface area contributed by atoms with Crippen LogP contribution in [0.4, 0.5) is 0 Å². The maximum atomic E-state index is 11.8. The van der Waals surface area contributed by atoms with Crippen LogP contribution < -0.4 is 5.32 Å².